The van der Waals surface area contributed by atoms with E-state index in [0.717, 1.165) is 5.56 Å². The summed E-state index contributed by atoms with van der Waals surface area (Å²) in [6.45, 7) is 3.58. The van der Waals surface area contributed by atoms with Gasteiger partial charge in [-0.3, -0.25) is 9.59 Å². The molecule has 0 unspecified atom stereocenters. The molecule has 4 aromatic rings. The van der Waals surface area contributed by atoms with E-state index < -0.39 is 11.9 Å². The lowest BCUT2D eigenvalue weighted by Crippen LogP contribution is -2.29. The topological polar surface area (TPSA) is 157 Å². The Labute approximate surface area is 205 Å². The van der Waals surface area contributed by atoms with Crippen molar-refractivity contribution >= 4 is 34.9 Å². The lowest BCUT2D eigenvalue weighted by Gasteiger charge is -2.14. The van der Waals surface area contributed by atoms with E-state index in [1.54, 1.807) is 68.4 Å². The first-order chi connectivity index (χ1) is 17.2. The van der Waals surface area contributed by atoms with E-state index >= 15 is 0 Å². The van der Waals surface area contributed by atoms with Gasteiger partial charge in [-0.05, 0) is 78.6 Å². The number of amides is 2. The number of H-pyrrole nitrogens is 1. The standard InChI is InChI=1S/C26H23N5O5/c1-14-8-18(24(33)27-13-17-4-3-5-19(32)10-17)9-15(2)23(14)25(34)28-22(26(35)36)12-16-6-7-20-21(11-16)30-31-29-20/h3-12,32H,13H2,1-2H3,(H,27,33)(H,28,34)(H,35,36)(H,29,30,31)/b22-12-. The minimum absolute atomic E-state index is 0.109. The van der Waals surface area contributed by atoms with Gasteiger partial charge in [0.2, 0.25) is 0 Å². The molecule has 0 aliphatic carbocycles. The fourth-order valence-corrected chi connectivity index (χ4v) is 3.85. The van der Waals surface area contributed by atoms with Crippen LogP contribution < -0.4 is 10.6 Å². The molecular formula is C26H23N5O5. The molecule has 0 atom stereocenters. The lowest BCUT2D eigenvalue weighted by atomic mass is 9.98. The number of phenolic OH excluding ortho intramolecular Hbond substituents is 1. The lowest BCUT2D eigenvalue weighted by molar-refractivity contribution is -0.132. The number of aromatic amines is 1. The van der Waals surface area contributed by atoms with Crippen LogP contribution in [-0.4, -0.2) is 43.4 Å². The second kappa shape index (κ2) is 10.1. The fourth-order valence-electron chi connectivity index (χ4n) is 3.85. The average Bonchev–Trinajstić information content (AvgIpc) is 3.29. The zero-order valence-electron chi connectivity index (χ0n) is 19.5. The SMILES string of the molecule is Cc1cc(C(=O)NCc2cccc(O)c2)cc(C)c1C(=O)N/C(=C\c1ccc2n[nH]nc2c1)C(=O)O. The Morgan fingerprint density at radius 2 is 1.67 bits per heavy atom. The Balaban J connectivity index is 1.52. The highest BCUT2D eigenvalue weighted by Gasteiger charge is 2.19. The first-order valence-electron chi connectivity index (χ1n) is 11.0. The van der Waals surface area contributed by atoms with Gasteiger partial charge in [-0.25, -0.2) is 4.79 Å². The van der Waals surface area contributed by atoms with Crippen molar-refractivity contribution in [2.45, 2.75) is 20.4 Å². The van der Waals surface area contributed by atoms with E-state index in [2.05, 4.69) is 26.0 Å². The molecular weight excluding hydrogens is 462 g/mol. The molecule has 0 radical (unpaired) electrons. The van der Waals surface area contributed by atoms with Gasteiger partial charge in [0.1, 0.15) is 22.5 Å². The van der Waals surface area contributed by atoms with E-state index in [9.17, 15) is 24.6 Å². The van der Waals surface area contributed by atoms with Crippen LogP contribution in [0.15, 0.2) is 60.3 Å². The number of rotatable bonds is 7. The van der Waals surface area contributed by atoms with E-state index in [0.29, 0.717) is 33.3 Å². The molecule has 3 aromatic carbocycles. The largest absolute Gasteiger partial charge is 0.508 e. The van der Waals surface area contributed by atoms with Crippen LogP contribution in [0.1, 0.15) is 43.0 Å². The van der Waals surface area contributed by atoms with Gasteiger partial charge in [-0.15, -0.1) is 0 Å². The molecule has 182 valence electrons. The Kier molecular flexibility index (Phi) is 6.77. The van der Waals surface area contributed by atoms with Gasteiger partial charge < -0.3 is 20.8 Å². The highest BCUT2D eigenvalue weighted by Crippen LogP contribution is 2.19. The molecule has 0 bridgehead atoms. The van der Waals surface area contributed by atoms with Crippen molar-refractivity contribution in [3.8, 4) is 5.75 Å². The van der Waals surface area contributed by atoms with Gasteiger partial charge in [0.25, 0.3) is 11.8 Å². The molecule has 0 spiro atoms. The number of benzene rings is 3. The third-order valence-electron chi connectivity index (χ3n) is 5.52. The molecule has 10 heteroatoms. The number of carboxylic acid groups (broad SMARTS) is 1. The number of nitrogens with zero attached hydrogens (tertiary/aromatic N) is 2. The Hall–Kier alpha value is -4.99. The maximum Gasteiger partial charge on any atom is 0.352 e. The van der Waals surface area contributed by atoms with E-state index in [-0.39, 0.29) is 29.5 Å². The minimum Gasteiger partial charge on any atom is -0.508 e. The van der Waals surface area contributed by atoms with Crippen LogP contribution in [-0.2, 0) is 11.3 Å². The Bertz CT molecular complexity index is 1500. The van der Waals surface area contributed by atoms with Gasteiger partial charge in [-0.1, -0.05) is 18.2 Å². The molecule has 4 rings (SSSR count). The molecule has 0 fully saturated rings. The summed E-state index contributed by atoms with van der Waals surface area (Å²) in [5, 5.41) is 34.9. The van der Waals surface area contributed by atoms with Crippen LogP contribution in [0.3, 0.4) is 0 Å². The Morgan fingerprint density at radius 3 is 2.36 bits per heavy atom. The number of carbonyl (C=O) groups excluding carboxylic acids is 2. The smallest absolute Gasteiger partial charge is 0.352 e. The van der Waals surface area contributed by atoms with Gasteiger partial charge in [0, 0.05) is 17.7 Å². The molecule has 1 aromatic heterocycles. The molecule has 0 saturated heterocycles. The summed E-state index contributed by atoms with van der Waals surface area (Å²) < 4.78 is 0. The molecule has 36 heavy (non-hydrogen) atoms. The van der Waals surface area contributed by atoms with Crippen molar-refractivity contribution in [1.29, 1.82) is 0 Å². The van der Waals surface area contributed by atoms with Crippen LogP contribution in [0.2, 0.25) is 0 Å². The van der Waals surface area contributed by atoms with Crippen molar-refractivity contribution in [3.63, 3.8) is 0 Å². The predicted molar refractivity (Wildman–Crippen MR) is 132 cm³/mol. The van der Waals surface area contributed by atoms with Gasteiger partial charge in [0.15, 0.2) is 0 Å². The number of hydrogen-bond acceptors (Lipinski definition) is 6. The first kappa shape index (κ1) is 24.1. The number of phenols is 1. The number of fused-ring (bicyclic) bond motifs is 1. The maximum atomic E-state index is 13.0. The second-order valence-corrected chi connectivity index (χ2v) is 8.23. The minimum atomic E-state index is -1.30. The number of aryl methyl sites for hydroxylation is 2. The van der Waals surface area contributed by atoms with Gasteiger partial charge in [0.05, 0.1) is 0 Å². The van der Waals surface area contributed by atoms with Crippen molar-refractivity contribution in [2.75, 3.05) is 0 Å². The summed E-state index contributed by atoms with van der Waals surface area (Å²) in [6.07, 6.45) is 1.34. The molecule has 1 heterocycles. The average molecular weight is 486 g/mol. The highest BCUT2D eigenvalue weighted by molar-refractivity contribution is 6.05. The van der Waals surface area contributed by atoms with Crippen LogP contribution in [0, 0.1) is 13.8 Å². The van der Waals surface area contributed by atoms with Crippen LogP contribution in [0.4, 0.5) is 0 Å². The normalized spacial score (nSPS) is 11.3. The summed E-state index contributed by atoms with van der Waals surface area (Å²) in [5.41, 5.74) is 3.82. The van der Waals surface area contributed by atoms with Crippen molar-refractivity contribution < 1.29 is 24.6 Å². The summed E-state index contributed by atoms with van der Waals surface area (Å²) in [6, 6.07) is 14.7. The van der Waals surface area contributed by atoms with Crippen molar-refractivity contribution in [2.24, 2.45) is 0 Å². The van der Waals surface area contributed by atoms with Crippen LogP contribution in [0.5, 0.6) is 5.75 Å². The number of carboxylic acids is 1. The van der Waals surface area contributed by atoms with E-state index in [4.69, 9.17) is 0 Å². The van der Waals surface area contributed by atoms with Crippen molar-refractivity contribution in [1.82, 2.24) is 26.0 Å². The van der Waals surface area contributed by atoms with E-state index in [1.807, 2.05) is 0 Å². The third kappa shape index (κ3) is 5.39. The first-order valence-corrected chi connectivity index (χ1v) is 11.0. The molecule has 0 aliphatic rings. The molecule has 0 saturated carbocycles. The second-order valence-electron chi connectivity index (χ2n) is 8.23. The third-order valence-corrected chi connectivity index (χ3v) is 5.52. The van der Waals surface area contributed by atoms with Crippen LogP contribution >= 0.6 is 0 Å². The number of nitrogens with one attached hydrogen (secondary N) is 3. The highest BCUT2D eigenvalue weighted by atomic mass is 16.4. The monoisotopic (exact) mass is 485 g/mol. The maximum absolute atomic E-state index is 13.0. The number of carbonyl (C=O) groups is 3. The zero-order chi connectivity index (χ0) is 25.8. The fraction of sp³-hybridized carbons (Fsp3) is 0.115. The molecule has 2 amide bonds. The predicted octanol–water partition coefficient (Wildman–Crippen LogP) is 3.07. The van der Waals surface area contributed by atoms with Crippen molar-refractivity contribution in [3.05, 3.63) is 93.7 Å². The quantitative estimate of drug-likeness (QED) is 0.252. The molecule has 0 aliphatic heterocycles. The molecule has 10 nitrogen and oxygen atoms in total. The number of aliphatic carboxylic acids is 1. The van der Waals surface area contributed by atoms with Gasteiger partial charge in [-0.2, -0.15) is 15.4 Å². The number of aromatic nitrogens is 3. The van der Waals surface area contributed by atoms with Gasteiger partial charge >= 0.3 is 5.97 Å². The zero-order valence-corrected chi connectivity index (χ0v) is 19.5. The number of aromatic hydroxyl groups is 1. The van der Waals surface area contributed by atoms with Crippen LogP contribution in [0.25, 0.3) is 17.1 Å². The number of hydrogen-bond donors (Lipinski definition) is 5. The van der Waals surface area contributed by atoms with E-state index in [1.165, 1.54) is 6.08 Å². The molecule has 5 N–H and O–H groups in total. The summed E-state index contributed by atoms with van der Waals surface area (Å²) in [5.74, 6) is -2.14. The summed E-state index contributed by atoms with van der Waals surface area (Å²) in [7, 11) is 0. The Morgan fingerprint density at radius 1 is 0.944 bits per heavy atom. The summed E-state index contributed by atoms with van der Waals surface area (Å²) >= 11 is 0. The summed E-state index contributed by atoms with van der Waals surface area (Å²) in [4.78, 5) is 37.5.